The molecular formula is C20H22ClNO3. The summed E-state index contributed by atoms with van der Waals surface area (Å²) in [5.41, 5.74) is 1.97. The highest BCUT2D eigenvalue weighted by molar-refractivity contribution is 6.30. The third-order valence-electron chi connectivity index (χ3n) is 4.04. The van der Waals surface area contributed by atoms with Crippen LogP contribution in [0.2, 0.25) is 5.02 Å². The predicted molar refractivity (Wildman–Crippen MR) is 98.5 cm³/mol. The van der Waals surface area contributed by atoms with Crippen molar-refractivity contribution in [3.63, 3.8) is 0 Å². The monoisotopic (exact) mass is 359 g/mol. The van der Waals surface area contributed by atoms with Crippen LogP contribution < -0.4 is 14.8 Å². The topological polar surface area (TPSA) is 47.6 Å². The number of ether oxygens (including phenoxy) is 2. The molecule has 0 fully saturated rings. The van der Waals surface area contributed by atoms with Crippen LogP contribution in [-0.4, -0.2) is 24.7 Å². The van der Waals surface area contributed by atoms with E-state index in [1.165, 1.54) is 0 Å². The van der Waals surface area contributed by atoms with Gasteiger partial charge in [-0.2, -0.15) is 0 Å². The fourth-order valence-electron chi connectivity index (χ4n) is 2.93. The third kappa shape index (κ3) is 4.67. The molecule has 5 heteroatoms. The average Bonchev–Trinajstić information content (AvgIpc) is 2.87. The number of carbonyl (C=O) groups is 1. The molecule has 1 aliphatic rings. The summed E-state index contributed by atoms with van der Waals surface area (Å²) in [4.78, 5) is 12.0. The summed E-state index contributed by atoms with van der Waals surface area (Å²) in [7, 11) is 0. The van der Waals surface area contributed by atoms with Gasteiger partial charge in [-0.3, -0.25) is 4.79 Å². The van der Waals surface area contributed by atoms with Crippen LogP contribution in [0.15, 0.2) is 42.5 Å². The SMILES string of the molecule is CC1(C)Cc2cccc(OCC(=O)NCCc3cccc(Cl)c3)c2O1. The van der Waals surface area contributed by atoms with Gasteiger partial charge >= 0.3 is 0 Å². The first-order valence-electron chi connectivity index (χ1n) is 8.38. The second-order valence-corrected chi connectivity index (χ2v) is 7.24. The lowest BCUT2D eigenvalue weighted by atomic mass is 10.0. The van der Waals surface area contributed by atoms with E-state index in [9.17, 15) is 4.79 Å². The van der Waals surface area contributed by atoms with Gasteiger partial charge < -0.3 is 14.8 Å². The Hall–Kier alpha value is -2.20. The number of benzene rings is 2. The summed E-state index contributed by atoms with van der Waals surface area (Å²) < 4.78 is 11.6. The van der Waals surface area contributed by atoms with Crippen molar-refractivity contribution in [3.8, 4) is 11.5 Å². The first-order valence-corrected chi connectivity index (χ1v) is 8.76. The number of fused-ring (bicyclic) bond motifs is 1. The Morgan fingerprint density at radius 2 is 2.08 bits per heavy atom. The molecule has 0 spiro atoms. The van der Waals surface area contributed by atoms with Gasteiger partial charge in [-0.25, -0.2) is 0 Å². The van der Waals surface area contributed by atoms with Gasteiger partial charge in [0.25, 0.3) is 5.91 Å². The second kappa shape index (κ2) is 7.36. The summed E-state index contributed by atoms with van der Waals surface area (Å²) in [6.07, 6.45) is 1.57. The predicted octanol–water partition coefficient (Wildman–Crippen LogP) is 3.79. The van der Waals surface area contributed by atoms with Crippen molar-refractivity contribution in [1.29, 1.82) is 0 Å². The molecule has 25 heavy (non-hydrogen) atoms. The van der Waals surface area contributed by atoms with Gasteiger partial charge in [0, 0.05) is 23.6 Å². The number of halogens is 1. The van der Waals surface area contributed by atoms with Crippen LogP contribution in [0.3, 0.4) is 0 Å². The highest BCUT2D eigenvalue weighted by atomic mass is 35.5. The Balaban J connectivity index is 1.48. The zero-order valence-corrected chi connectivity index (χ0v) is 15.2. The van der Waals surface area contributed by atoms with Crippen molar-refractivity contribution in [2.45, 2.75) is 32.3 Å². The Morgan fingerprint density at radius 1 is 1.28 bits per heavy atom. The van der Waals surface area contributed by atoms with E-state index in [2.05, 4.69) is 5.32 Å². The Kier molecular flexibility index (Phi) is 5.19. The fraction of sp³-hybridized carbons (Fsp3) is 0.350. The molecule has 1 N–H and O–H groups in total. The van der Waals surface area contributed by atoms with E-state index in [-0.39, 0.29) is 18.1 Å². The van der Waals surface area contributed by atoms with E-state index in [1.807, 2.05) is 56.3 Å². The van der Waals surface area contributed by atoms with Crippen LogP contribution in [0.25, 0.3) is 0 Å². The van der Waals surface area contributed by atoms with Crippen molar-refractivity contribution in [2.24, 2.45) is 0 Å². The Labute approximate surface area is 153 Å². The van der Waals surface area contributed by atoms with Crippen molar-refractivity contribution >= 4 is 17.5 Å². The Morgan fingerprint density at radius 3 is 2.88 bits per heavy atom. The minimum Gasteiger partial charge on any atom is -0.483 e. The first-order chi connectivity index (χ1) is 11.9. The molecule has 2 aromatic rings. The Bertz CT molecular complexity index is 773. The second-order valence-electron chi connectivity index (χ2n) is 6.80. The normalized spacial score (nSPS) is 14.5. The number of carbonyl (C=O) groups excluding carboxylic acids is 1. The minimum absolute atomic E-state index is 0.0320. The van der Waals surface area contributed by atoms with Crippen molar-refractivity contribution in [2.75, 3.05) is 13.2 Å². The summed E-state index contributed by atoms with van der Waals surface area (Å²) in [6, 6.07) is 13.4. The van der Waals surface area contributed by atoms with Crippen LogP contribution >= 0.6 is 11.6 Å². The van der Waals surface area contributed by atoms with Gasteiger partial charge in [0.15, 0.2) is 18.1 Å². The van der Waals surface area contributed by atoms with E-state index in [1.54, 1.807) is 0 Å². The summed E-state index contributed by atoms with van der Waals surface area (Å²) in [5, 5.41) is 3.56. The van der Waals surface area contributed by atoms with Gasteiger partial charge in [-0.15, -0.1) is 0 Å². The average molecular weight is 360 g/mol. The quantitative estimate of drug-likeness (QED) is 0.853. The maximum atomic E-state index is 12.0. The maximum absolute atomic E-state index is 12.0. The largest absolute Gasteiger partial charge is 0.483 e. The van der Waals surface area contributed by atoms with Crippen LogP contribution in [-0.2, 0) is 17.6 Å². The van der Waals surface area contributed by atoms with E-state index in [0.717, 1.165) is 29.7 Å². The smallest absolute Gasteiger partial charge is 0.257 e. The molecule has 0 unspecified atom stereocenters. The molecule has 0 atom stereocenters. The summed E-state index contributed by atoms with van der Waals surface area (Å²) in [6.45, 7) is 4.59. The molecule has 1 aliphatic heterocycles. The highest BCUT2D eigenvalue weighted by Crippen LogP contribution is 2.41. The van der Waals surface area contributed by atoms with Crippen LogP contribution in [0.5, 0.6) is 11.5 Å². The zero-order chi connectivity index (χ0) is 17.9. The lowest BCUT2D eigenvalue weighted by Gasteiger charge is -2.18. The van der Waals surface area contributed by atoms with Crippen LogP contribution in [0, 0.1) is 0 Å². The first kappa shape index (κ1) is 17.6. The van der Waals surface area contributed by atoms with Crippen molar-refractivity contribution < 1.29 is 14.3 Å². The molecule has 2 aromatic carbocycles. The van der Waals surface area contributed by atoms with Gasteiger partial charge in [-0.05, 0) is 44.0 Å². The molecule has 3 rings (SSSR count). The maximum Gasteiger partial charge on any atom is 0.257 e. The highest BCUT2D eigenvalue weighted by Gasteiger charge is 2.32. The van der Waals surface area contributed by atoms with E-state index < -0.39 is 0 Å². The molecule has 1 amide bonds. The molecule has 0 radical (unpaired) electrons. The van der Waals surface area contributed by atoms with Gasteiger partial charge in [0.1, 0.15) is 5.60 Å². The molecule has 132 valence electrons. The van der Waals surface area contributed by atoms with Crippen LogP contribution in [0.4, 0.5) is 0 Å². The fourth-order valence-corrected chi connectivity index (χ4v) is 3.15. The van der Waals surface area contributed by atoms with Crippen molar-refractivity contribution in [1.82, 2.24) is 5.32 Å². The molecule has 0 aromatic heterocycles. The number of para-hydroxylation sites is 1. The molecule has 0 aliphatic carbocycles. The molecule has 0 saturated heterocycles. The lowest BCUT2D eigenvalue weighted by Crippen LogP contribution is -2.30. The molecule has 0 saturated carbocycles. The van der Waals surface area contributed by atoms with E-state index in [4.69, 9.17) is 21.1 Å². The zero-order valence-electron chi connectivity index (χ0n) is 14.5. The van der Waals surface area contributed by atoms with Crippen molar-refractivity contribution in [3.05, 3.63) is 58.6 Å². The third-order valence-corrected chi connectivity index (χ3v) is 4.27. The minimum atomic E-state index is -0.235. The van der Waals surface area contributed by atoms with E-state index >= 15 is 0 Å². The molecule has 1 heterocycles. The summed E-state index contributed by atoms with van der Waals surface area (Å²) >= 11 is 5.95. The number of amides is 1. The number of nitrogens with one attached hydrogen (secondary N) is 1. The molecule has 4 nitrogen and oxygen atoms in total. The lowest BCUT2D eigenvalue weighted by molar-refractivity contribution is -0.123. The number of hydrogen-bond donors (Lipinski definition) is 1. The molecule has 0 bridgehead atoms. The van der Waals surface area contributed by atoms with E-state index in [0.29, 0.717) is 17.3 Å². The van der Waals surface area contributed by atoms with Gasteiger partial charge in [0.2, 0.25) is 0 Å². The molecular weight excluding hydrogens is 338 g/mol. The van der Waals surface area contributed by atoms with Gasteiger partial charge in [-0.1, -0.05) is 35.9 Å². The standard InChI is InChI=1S/C20H22ClNO3/c1-20(2)12-15-6-4-8-17(19(15)25-20)24-13-18(23)22-10-9-14-5-3-7-16(21)11-14/h3-8,11H,9-10,12-13H2,1-2H3,(H,22,23). The summed E-state index contributed by atoms with van der Waals surface area (Å²) in [5.74, 6) is 1.21. The number of rotatable bonds is 6. The van der Waals surface area contributed by atoms with Gasteiger partial charge in [0.05, 0.1) is 0 Å². The number of hydrogen-bond acceptors (Lipinski definition) is 3. The van der Waals surface area contributed by atoms with Crippen LogP contribution in [0.1, 0.15) is 25.0 Å².